The normalized spacial score (nSPS) is 10.4. The Morgan fingerprint density at radius 2 is 1.85 bits per heavy atom. The summed E-state index contributed by atoms with van der Waals surface area (Å²) >= 11 is 0. The van der Waals surface area contributed by atoms with E-state index in [1.165, 1.54) is 6.39 Å². The molecule has 0 fully saturated rings. The van der Waals surface area contributed by atoms with Crippen molar-refractivity contribution < 1.29 is 18.6 Å². The largest absolute Gasteiger partial charge is 0.493 e. The number of ether oxygens (including phenoxy) is 3. The molecule has 0 radical (unpaired) electrons. The van der Waals surface area contributed by atoms with E-state index in [0.717, 1.165) is 11.3 Å². The van der Waals surface area contributed by atoms with E-state index in [-0.39, 0.29) is 0 Å². The van der Waals surface area contributed by atoms with Gasteiger partial charge >= 0.3 is 0 Å². The minimum absolute atomic E-state index is 0.527. The van der Waals surface area contributed by atoms with Gasteiger partial charge in [0, 0.05) is 6.54 Å². The maximum atomic E-state index is 5.49. The van der Waals surface area contributed by atoms with E-state index < -0.39 is 0 Å². The molecular formula is C14H18N2O4. The van der Waals surface area contributed by atoms with E-state index in [1.807, 2.05) is 19.2 Å². The Morgan fingerprint density at radius 3 is 2.45 bits per heavy atom. The fourth-order valence-corrected chi connectivity index (χ4v) is 2.06. The monoisotopic (exact) mass is 278 g/mol. The molecule has 108 valence electrons. The lowest BCUT2D eigenvalue weighted by atomic mass is 10.1. The van der Waals surface area contributed by atoms with Crippen LogP contribution in [0.15, 0.2) is 22.9 Å². The molecule has 0 saturated carbocycles. The first-order chi connectivity index (χ1) is 9.76. The van der Waals surface area contributed by atoms with Gasteiger partial charge in [0.15, 0.2) is 23.7 Å². The average molecular weight is 278 g/mol. The van der Waals surface area contributed by atoms with E-state index >= 15 is 0 Å². The third-order valence-electron chi connectivity index (χ3n) is 2.93. The summed E-state index contributed by atoms with van der Waals surface area (Å²) in [6, 6.07) is 3.67. The molecule has 20 heavy (non-hydrogen) atoms. The quantitative estimate of drug-likeness (QED) is 0.872. The van der Waals surface area contributed by atoms with Gasteiger partial charge in [0.2, 0.25) is 5.75 Å². The number of rotatable bonds is 6. The summed E-state index contributed by atoms with van der Waals surface area (Å²) in [5, 5.41) is 3.05. The molecule has 6 heteroatoms. The van der Waals surface area contributed by atoms with Crippen molar-refractivity contribution in [3.8, 4) is 28.6 Å². The lowest BCUT2D eigenvalue weighted by Gasteiger charge is -2.15. The van der Waals surface area contributed by atoms with Crippen molar-refractivity contribution in [3.05, 3.63) is 24.2 Å². The molecule has 0 saturated heterocycles. The SMILES string of the molecule is CNCc1ncoc1-c1ccc(OC)c(OC)c1OC. The molecule has 0 spiro atoms. The van der Waals surface area contributed by atoms with E-state index in [2.05, 4.69) is 10.3 Å². The van der Waals surface area contributed by atoms with Gasteiger partial charge in [-0.2, -0.15) is 0 Å². The number of oxazole rings is 1. The number of benzene rings is 1. The van der Waals surface area contributed by atoms with Crippen molar-refractivity contribution >= 4 is 0 Å². The van der Waals surface area contributed by atoms with Crippen molar-refractivity contribution in [1.82, 2.24) is 10.3 Å². The van der Waals surface area contributed by atoms with Gasteiger partial charge in [-0.25, -0.2) is 4.98 Å². The molecule has 1 heterocycles. The predicted octanol–water partition coefficient (Wildman–Crippen LogP) is 2.09. The highest BCUT2D eigenvalue weighted by Crippen LogP contribution is 2.44. The van der Waals surface area contributed by atoms with Crippen LogP contribution in [-0.4, -0.2) is 33.4 Å². The fourth-order valence-electron chi connectivity index (χ4n) is 2.06. The molecule has 0 unspecified atom stereocenters. The van der Waals surface area contributed by atoms with Gasteiger partial charge in [0.1, 0.15) is 5.69 Å². The van der Waals surface area contributed by atoms with E-state index in [0.29, 0.717) is 29.6 Å². The second-order valence-electron chi connectivity index (χ2n) is 4.04. The van der Waals surface area contributed by atoms with Crippen molar-refractivity contribution in [2.75, 3.05) is 28.4 Å². The van der Waals surface area contributed by atoms with Crippen LogP contribution < -0.4 is 19.5 Å². The van der Waals surface area contributed by atoms with Crippen LogP contribution >= 0.6 is 0 Å². The number of methoxy groups -OCH3 is 3. The second kappa shape index (κ2) is 6.29. The van der Waals surface area contributed by atoms with Crippen LogP contribution in [0.2, 0.25) is 0 Å². The summed E-state index contributed by atoms with van der Waals surface area (Å²) in [6.45, 7) is 0.601. The topological polar surface area (TPSA) is 65.8 Å². The molecule has 0 aliphatic rings. The Morgan fingerprint density at radius 1 is 1.10 bits per heavy atom. The highest BCUT2D eigenvalue weighted by atomic mass is 16.5. The van der Waals surface area contributed by atoms with Crippen LogP contribution in [0.25, 0.3) is 11.3 Å². The van der Waals surface area contributed by atoms with Gasteiger partial charge in [-0.3, -0.25) is 0 Å². The summed E-state index contributed by atoms with van der Waals surface area (Å²) < 4.78 is 21.6. The summed E-state index contributed by atoms with van der Waals surface area (Å²) in [7, 11) is 6.58. The number of nitrogens with zero attached hydrogens (tertiary/aromatic N) is 1. The number of hydrogen-bond donors (Lipinski definition) is 1. The highest BCUT2D eigenvalue weighted by Gasteiger charge is 2.21. The maximum absolute atomic E-state index is 5.49. The smallest absolute Gasteiger partial charge is 0.204 e. The Labute approximate surface area is 117 Å². The molecule has 6 nitrogen and oxygen atoms in total. The fraction of sp³-hybridized carbons (Fsp3) is 0.357. The molecule has 0 atom stereocenters. The molecule has 1 aromatic carbocycles. The Bertz CT molecular complexity index is 581. The van der Waals surface area contributed by atoms with Crippen LogP contribution in [0, 0.1) is 0 Å². The second-order valence-corrected chi connectivity index (χ2v) is 4.04. The summed E-state index contributed by atoms with van der Waals surface area (Å²) in [4.78, 5) is 4.20. The zero-order chi connectivity index (χ0) is 14.5. The lowest BCUT2D eigenvalue weighted by molar-refractivity contribution is 0.324. The Kier molecular flexibility index (Phi) is 4.47. The number of nitrogens with one attached hydrogen (secondary N) is 1. The maximum Gasteiger partial charge on any atom is 0.204 e. The first-order valence-corrected chi connectivity index (χ1v) is 6.13. The summed E-state index contributed by atoms with van der Waals surface area (Å²) in [6.07, 6.45) is 1.41. The van der Waals surface area contributed by atoms with Crippen molar-refractivity contribution in [2.24, 2.45) is 0 Å². The molecule has 1 N–H and O–H groups in total. The van der Waals surface area contributed by atoms with Gasteiger partial charge in [-0.05, 0) is 19.2 Å². The molecule has 1 aromatic heterocycles. The van der Waals surface area contributed by atoms with Crippen LogP contribution in [-0.2, 0) is 6.54 Å². The van der Waals surface area contributed by atoms with Gasteiger partial charge < -0.3 is 23.9 Å². The number of hydrogen-bond acceptors (Lipinski definition) is 6. The highest BCUT2D eigenvalue weighted by molar-refractivity contribution is 5.74. The standard InChI is InChI=1S/C14H18N2O4/c1-15-7-10-12(20-8-16-10)9-5-6-11(17-2)14(19-4)13(9)18-3/h5-6,8,15H,7H2,1-4H3. The van der Waals surface area contributed by atoms with Gasteiger partial charge in [-0.15, -0.1) is 0 Å². The van der Waals surface area contributed by atoms with Crippen molar-refractivity contribution in [1.29, 1.82) is 0 Å². The van der Waals surface area contributed by atoms with E-state index in [1.54, 1.807) is 21.3 Å². The zero-order valence-electron chi connectivity index (χ0n) is 12.0. The van der Waals surface area contributed by atoms with Gasteiger partial charge in [0.25, 0.3) is 0 Å². The van der Waals surface area contributed by atoms with Crippen LogP contribution in [0.3, 0.4) is 0 Å². The van der Waals surface area contributed by atoms with Crippen LogP contribution in [0.1, 0.15) is 5.69 Å². The third kappa shape index (κ3) is 2.42. The molecule has 0 aliphatic heterocycles. The molecular weight excluding hydrogens is 260 g/mol. The predicted molar refractivity (Wildman–Crippen MR) is 74.4 cm³/mol. The zero-order valence-corrected chi connectivity index (χ0v) is 12.0. The van der Waals surface area contributed by atoms with Gasteiger partial charge in [0.05, 0.1) is 26.9 Å². The van der Waals surface area contributed by atoms with Crippen LogP contribution in [0.4, 0.5) is 0 Å². The Hall–Kier alpha value is -2.21. The molecule has 0 amide bonds. The molecule has 0 bridgehead atoms. The molecule has 0 aliphatic carbocycles. The van der Waals surface area contributed by atoms with Crippen molar-refractivity contribution in [3.63, 3.8) is 0 Å². The Balaban J connectivity index is 2.59. The summed E-state index contributed by atoms with van der Waals surface area (Å²) in [5.41, 5.74) is 1.57. The third-order valence-corrected chi connectivity index (χ3v) is 2.93. The minimum Gasteiger partial charge on any atom is -0.493 e. The first kappa shape index (κ1) is 14.2. The van der Waals surface area contributed by atoms with E-state index in [4.69, 9.17) is 18.6 Å². The molecule has 2 aromatic rings. The minimum atomic E-state index is 0.527. The average Bonchev–Trinajstić information content (AvgIpc) is 2.93. The summed E-state index contributed by atoms with van der Waals surface area (Å²) in [5.74, 6) is 2.33. The molecule has 2 rings (SSSR count). The first-order valence-electron chi connectivity index (χ1n) is 6.13. The van der Waals surface area contributed by atoms with Gasteiger partial charge in [-0.1, -0.05) is 0 Å². The number of aromatic nitrogens is 1. The lowest BCUT2D eigenvalue weighted by Crippen LogP contribution is -2.06. The van der Waals surface area contributed by atoms with E-state index in [9.17, 15) is 0 Å². The van der Waals surface area contributed by atoms with Crippen molar-refractivity contribution in [2.45, 2.75) is 6.54 Å². The van der Waals surface area contributed by atoms with Crippen LogP contribution in [0.5, 0.6) is 17.2 Å².